The number of amides is 1. The molecule has 4 aliphatic heterocycles. The summed E-state index contributed by atoms with van der Waals surface area (Å²) in [4.78, 5) is 36.8. The van der Waals surface area contributed by atoms with E-state index in [9.17, 15) is 9.90 Å². The van der Waals surface area contributed by atoms with E-state index in [2.05, 4.69) is 30.5 Å². The molecule has 2 aromatic heterocycles. The standard InChI is InChI=1S/C41H43F2N7O4/c1-4-29-31(42)8-5-22-12-28(51)13-30(32(22)29)35-34(43)36-33(38(44-35)53-3)37(49-18-26-6-7-27(19-49)50(26)39(52)25-14-47(2)15-25)46-40(45-36)54-21-41(9-10-41)20-48-16-23-11-24(23)17-48/h1,5,8,12-13,23-27,51H,6-7,9-11,14-21H2,2-3H3. The number of halogens is 2. The van der Waals surface area contributed by atoms with E-state index < -0.39 is 11.6 Å². The zero-order chi connectivity index (χ0) is 37.0. The Labute approximate surface area is 312 Å². The van der Waals surface area contributed by atoms with E-state index in [1.807, 2.05) is 7.05 Å². The molecule has 280 valence electrons. The van der Waals surface area contributed by atoms with Gasteiger partial charge >= 0.3 is 6.01 Å². The first kappa shape index (κ1) is 33.7. The number of benzene rings is 2. The number of hydrogen-bond donors (Lipinski definition) is 1. The summed E-state index contributed by atoms with van der Waals surface area (Å²) in [6.07, 6.45) is 10.9. The molecule has 6 heterocycles. The summed E-state index contributed by atoms with van der Waals surface area (Å²) in [6.45, 7) is 6.21. The monoisotopic (exact) mass is 735 g/mol. The van der Waals surface area contributed by atoms with Crippen molar-refractivity contribution in [2.24, 2.45) is 23.2 Å². The molecule has 1 amide bonds. The fourth-order valence-corrected chi connectivity index (χ4v) is 9.82. The van der Waals surface area contributed by atoms with Gasteiger partial charge in [0, 0.05) is 74.3 Å². The molecule has 13 heteroatoms. The molecule has 10 rings (SSSR count). The van der Waals surface area contributed by atoms with Gasteiger partial charge in [0.2, 0.25) is 11.8 Å². The second-order valence-corrected chi connectivity index (χ2v) is 16.7. The van der Waals surface area contributed by atoms with Gasteiger partial charge in [-0.15, -0.1) is 6.42 Å². The molecule has 4 saturated heterocycles. The van der Waals surface area contributed by atoms with Gasteiger partial charge in [0.1, 0.15) is 34.0 Å². The van der Waals surface area contributed by atoms with Crippen molar-refractivity contribution in [2.75, 3.05) is 71.5 Å². The van der Waals surface area contributed by atoms with Crippen LogP contribution in [0.4, 0.5) is 14.6 Å². The van der Waals surface area contributed by atoms with E-state index in [1.165, 1.54) is 37.8 Å². The number of anilines is 1. The normalized spacial score (nSPS) is 25.8. The number of piperidine rings is 1. The van der Waals surface area contributed by atoms with Gasteiger partial charge in [-0.05, 0) is 74.6 Å². The van der Waals surface area contributed by atoms with Crippen LogP contribution in [0.5, 0.6) is 17.6 Å². The van der Waals surface area contributed by atoms with E-state index in [0.717, 1.165) is 70.2 Å². The number of phenols is 1. The summed E-state index contributed by atoms with van der Waals surface area (Å²) in [5.41, 5.74) is -0.238. The minimum atomic E-state index is -0.804. The highest BCUT2D eigenvalue weighted by molar-refractivity contribution is 6.04. The Kier molecular flexibility index (Phi) is 7.73. The molecule has 1 N–H and O–H groups in total. The average molecular weight is 736 g/mol. The highest BCUT2D eigenvalue weighted by Gasteiger charge is 2.51. The average Bonchev–Trinajstić information content (AvgIpc) is 4.03. The Balaban J connectivity index is 1.07. The van der Waals surface area contributed by atoms with Crippen LogP contribution in [0.3, 0.4) is 0 Å². The molecular formula is C41H43F2N7O4. The largest absolute Gasteiger partial charge is 0.508 e. The molecule has 11 nitrogen and oxygen atoms in total. The maximum Gasteiger partial charge on any atom is 0.319 e. The van der Waals surface area contributed by atoms with Gasteiger partial charge in [0.25, 0.3) is 0 Å². The fourth-order valence-electron chi connectivity index (χ4n) is 9.82. The van der Waals surface area contributed by atoms with E-state index in [1.54, 1.807) is 0 Å². The molecule has 4 unspecified atom stereocenters. The number of carbonyl (C=O) groups is 1. The predicted octanol–water partition coefficient (Wildman–Crippen LogP) is 4.67. The first-order valence-corrected chi connectivity index (χ1v) is 19.1. The highest BCUT2D eigenvalue weighted by atomic mass is 19.1. The van der Waals surface area contributed by atoms with Gasteiger partial charge < -0.3 is 34.2 Å². The quantitative estimate of drug-likeness (QED) is 0.244. The molecule has 0 spiro atoms. The van der Waals surface area contributed by atoms with E-state index in [-0.39, 0.29) is 80.1 Å². The molecule has 2 aromatic carbocycles. The number of terminal acetylenes is 1. The molecule has 4 atom stereocenters. The number of ether oxygens (including phenoxy) is 2. The number of hydrogen-bond acceptors (Lipinski definition) is 10. The van der Waals surface area contributed by atoms with Crippen LogP contribution in [0.1, 0.15) is 37.7 Å². The van der Waals surface area contributed by atoms with Crippen LogP contribution >= 0.6 is 0 Å². The Hall–Kier alpha value is -4.80. The lowest BCUT2D eigenvalue weighted by Gasteiger charge is -2.45. The van der Waals surface area contributed by atoms with Crippen LogP contribution in [0, 0.1) is 47.1 Å². The fraction of sp³-hybridized carbons (Fsp3) is 0.512. The van der Waals surface area contributed by atoms with E-state index in [0.29, 0.717) is 30.9 Å². The summed E-state index contributed by atoms with van der Waals surface area (Å²) < 4.78 is 44.7. The van der Waals surface area contributed by atoms with E-state index >= 15 is 8.78 Å². The Morgan fingerprint density at radius 2 is 1.76 bits per heavy atom. The van der Waals surface area contributed by atoms with Crippen LogP contribution in [-0.4, -0.2) is 119 Å². The van der Waals surface area contributed by atoms with Gasteiger partial charge in [0.15, 0.2) is 5.82 Å². The Morgan fingerprint density at radius 3 is 2.43 bits per heavy atom. The number of likely N-dealkylation sites (tertiary alicyclic amines) is 2. The second kappa shape index (κ2) is 12.4. The summed E-state index contributed by atoms with van der Waals surface area (Å²) in [7, 11) is 3.47. The molecule has 54 heavy (non-hydrogen) atoms. The zero-order valence-corrected chi connectivity index (χ0v) is 30.5. The van der Waals surface area contributed by atoms with Crippen molar-refractivity contribution in [1.82, 2.24) is 29.7 Å². The van der Waals surface area contributed by atoms with Crippen LogP contribution in [0.15, 0.2) is 24.3 Å². The lowest BCUT2D eigenvalue weighted by molar-refractivity contribution is -0.144. The number of phenolic OH excluding ortho intramolecular Hbond substituents is 1. The molecule has 6 fully saturated rings. The minimum Gasteiger partial charge on any atom is -0.508 e. The minimum absolute atomic E-state index is 0.00572. The first-order chi connectivity index (χ1) is 26.1. The molecule has 2 bridgehead atoms. The summed E-state index contributed by atoms with van der Waals surface area (Å²) in [5, 5.41) is 11.7. The summed E-state index contributed by atoms with van der Waals surface area (Å²) >= 11 is 0. The van der Waals surface area contributed by atoms with Gasteiger partial charge in [-0.25, -0.2) is 13.8 Å². The van der Waals surface area contributed by atoms with Crippen molar-refractivity contribution in [3.8, 4) is 41.2 Å². The van der Waals surface area contributed by atoms with Crippen molar-refractivity contribution >= 4 is 33.4 Å². The van der Waals surface area contributed by atoms with E-state index in [4.69, 9.17) is 25.9 Å². The zero-order valence-electron chi connectivity index (χ0n) is 30.5. The SMILES string of the molecule is C#Cc1c(F)ccc2cc(O)cc(-c3nc(OC)c4c(N5CC6CCC(C5)N6C(=O)C5CN(C)C5)nc(OCC5(CN6CC7CC7C6)CC5)nc4c3F)c12. The predicted molar refractivity (Wildman–Crippen MR) is 198 cm³/mol. The third-order valence-electron chi connectivity index (χ3n) is 12.9. The van der Waals surface area contributed by atoms with Crippen molar-refractivity contribution in [1.29, 1.82) is 0 Å². The van der Waals surface area contributed by atoms with Crippen LogP contribution in [0.2, 0.25) is 0 Å². The van der Waals surface area contributed by atoms with Crippen LogP contribution in [-0.2, 0) is 4.79 Å². The second-order valence-electron chi connectivity index (χ2n) is 16.7. The number of rotatable bonds is 9. The first-order valence-electron chi connectivity index (χ1n) is 19.1. The summed E-state index contributed by atoms with van der Waals surface area (Å²) in [6, 6.07) is 5.49. The van der Waals surface area contributed by atoms with Crippen molar-refractivity contribution < 1.29 is 28.2 Å². The number of carbonyl (C=O) groups excluding carboxylic acids is 1. The van der Waals surface area contributed by atoms with Crippen LogP contribution in [0.25, 0.3) is 32.9 Å². The summed E-state index contributed by atoms with van der Waals surface area (Å²) in [5.74, 6) is 3.17. The molecule has 4 aromatic rings. The molecule has 6 aliphatic rings. The van der Waals surface area contributed by atoms with Crippen molar-refractivity contribution in [3.05, 3.63) is 41.5 Å². The Bertz CT molecular complexity index is 2250. The number of pyridine rings is 1. The Morgan fingerprint density at radius 1 is 1.02 bits per heavy atom. The lowest BCUT2D eigenvalue weighted by Crippen LogP contribution is -2.61. The molecule has 2 aliphatic carbocycles. The number of nitrogens with zero attached hydrogens (tertiary/aromatic N) is 7. The molecule has 2 saturated carbocycles. The van der Waals surface area contributed by atoms with Gasteiger partial charge in [-0.2, -0.15) is 9.97 Å². The lowest BCUT2D eigenvalue weighted by atomic mass is 9.95. The van der Waals surface area contributed by atoms with Crippen molar-refractivity contribution in [3.63, 3.8) is 0 Å². The number of fused-ring (bicyclic) bond motifs is 5. The topological polar surface area (TPSA) is 107 Å². The molecule has 0 radical (unpaired) electrons. The number of methoxy groups -OCH3 is 1. The van der Waals surface area contributed by atoms with Gasteiger partial charge in [-0.3, -0.25) is 4.79 Å². The maximum atomic E-state index is 17.3. The number of piperazine rings is 1. The third kappa shape index (κ3) is 5.51. The smallest absolute Gasteiger partial charge is 0.319 e. The van der Waals surface area contributed by atoms with Crippen molar-refractivity contribution in [2.45, 2.75) is 44.2 Å². The molecular weight excluding hydrogens is 692 g/mol. The van der Waals surface area contributed by atoms with Gasteiger partial charge in [0.05, 0.1) is 25.2 Å². The van der Waals surface area contributed by atoms with Crippen LogP contribution < -0.4 is 14.4 Å². The highest BCUT2D eigenvalue weighted by Crippen LogP contribution is 2.51. The number of aromatic nitrogens is 3. The maximum absolute atomic E-state index is 17.3. The third-order valence-corrected chi connectivity index (χ3v) is 12.9. The van der Waals surface area contributed by atoms with Gasteiger partial charge in [-0.1, -0.05) is 12.0 Å². The number of aromatic hydroxyl groups is 1.